The number of thioether (sulfide) groups is 1. The van der Waals surface area contributed by atoms with Crippen LogP contribution < -0.4 is 0 Å². The molecule has 1 rings (SSSR count). The number of hydrogen-bond donors (Lipinski definition) is 0. The first-order valence-corrected chi connectivity index (χ1v) is 5.47. The molecular weight excluding hydrogens is 249 g/mol. The van der Waals surface area contributed by atoms with Crippen LogP contribution in [0, 0.1) is 0 Å². The molecule has 16 heavy (non-hydrogen) atoms. The topological polar surface area (TPSA) is 52.6 Å². The molecule has 0 saturated carbocycles. The van der Waals surface area contributed by atoms with Gasteiger partial charge in [-0.15, -0.1) is 11.8 Å². The van der Waals surface area contributed by atoms with Gasteiger partial charge in [-0.25, -0.2) is 4.79 Å². The van der Waals surface area contributed by atoms with Crippen LogP contribution in [-0.4, -0.2) is 42.3 Å². The summed E-state index contributed by atoms with van der Waals surface area (Å²) in [4.78, 5) is 21.3. The van der Waals surface area contributed by atoms with E-state index >= 15 is 0 Å². The lowest BCUT2D eigenvalue weighted by molar-refractivity contribution is -0.184. The van der Waals surface area contributed by atoms with Gasteiger partial charge in [-0.2, -0.15) is 13.2 Å². The highest BCUT2D eigenvalue weighted by atomic mass is 32.2. The Morgan fingerprint density at radius 3 is 2.69 bits per heavy atom. The molecule has 0 bridgehead atoms. The summed E-state index contributed by atoms with van der Waals surface area (Å²) in [6, 6.07) is 0. The molecule has 1 aliphatic heterocycles. The zero-order valence-corrected chi connectivity index (χ0v) is 8.90. The number of alkyl halides is 3. The zero-order valence-electron chi connectivity index (χ0n) is 8.08. The molecule has 4 nitrogen and oxygen atoms in total. The highest BCUT2D eigenvalue weighted by Crippen LogP contribution is 2.21. The predicted molar refractivity (Wildman–Crippen MR) is 48.8 cm³/mol. The van der Waals surface area contributed by atoms with E-state index in [1.165, 1.54) is 0 Å². The minimum Gasteiger partial charge on any atom is -0.443 e. The Morgan fingerprint density at radius 1 is 1.38 bits per heavy atom. The normalized spacial score (nSPS) is 22.3. The van der Waals surface area contributed by atoms with Crippen molar-refractivity contribution in [1.29, 1.82) is 0 Å². The third kappa shape index (κ3) is 4.01. The second-order valence-electron chi connectivity index (χ2n) is 2.96. The third-order valence-corrected chi connectivity index (χ3v) is 2.80. The number of esters is 1. The van der Waals surface area contributed by atoms with Crippen LogP contribution in [-0.2, 0) is 19.1 Å². The summed E-state index contributed by atoms with van der Waals surface area (Å²) in [6.07, 6.45) is -4.46. The minimum atomic E-state index is -5.19. The van der Waals surface area contributed by atoms with Gasteiger partial charge in [-0.05, 0) is 12.2 Å². The number of halogens is 3. The van der Waals surface area contributed by atoms with E-state index in [-0.39, 0.29) is 6.61 Å². The van der Waals surface area contributed by atoms with Crippen LogP contribution in [0.5, 0.6) is 0 Å². The van der Waals surface area contributed by atoms with Crippen molar-refractivity contribution in [1.82, 2.24) is 0 Å². The quantitative estimate of drug-likeness (QED) is 0.549. The van der Waals surface area contributed by atoms with Gasteiger partial charge in [0.1, 0.15) is 0 Å². The maximum absolute atomic E-state index is 11.8. The first kappa shape index (κ1) is 13.3. The second-order valence-corrected chi connectivity index (χ2v) is 4.23. The summed E-state index contributed by atoms with van der Waals surface area (Å²) in [5.74, 6) is -3.76. The van der Waals surface area contributed by atoms with Crippen LogP contribution in [0.15, 0.2) is 0 Å². The van der Waals surface area contributed by atoms with Crippen LogP contribution in [0.2, 0.25) is 0 Å². The maximum atomic E-state index is 11.8. The van der Waals surface area contributed by atoms with Gasteiger partial charge in [0.15, 0.2) is 5.44 Å². The summed E-state index contributed by atoms with van der Waals surface area (Å²) in [5, 5.41) is 0. The van der Waals surface area contributed by atoms with Crippen molar-refractivity contribution in [2.45, 2.75) is 18.0 Å². The van der Waals surface area contributed by atoms with E-state index in [0.29, 0.717) is 12.4 Å². The molecule has 92 valence electrons. The molecular formula is C8H9F3O4S. The van der Waals surface area contributed by atoms with Crippen molar-refractivity contribution >= 4 is 23.5 Å². The van der Waals surface area contributed by atoms with E-state index in [1.54, 1.807) is 0 Å². The molecule has 1 saturated heterocycles. The van der Waals surface area contributed by atoms with Crippen LogP contribution in [0.25, 0.3) is 0 Å². The Hall–Kier alpha value is -0.760. The molecule has 0 amide bonds. The predicted octanol–water partition coefficient (Wildman–Crippen LogP) is 1.14. The lowest BCUT2D eigenvalue weighted by Crippen LogP contribution is -2.35. The molecule has 0 N–H and O–H groups in total. The van der Waals surface area contributed by atoms with E-state index in [9.17, 15) is 22.8 Å². The van der Waals surface area contributed by atoms with Gasteiger partial charge in [0.25, 0.3) is 0 Å². The van der Waals surface area contributed by atoms with Crippen LogP contribution in [0.1, 0.15) is 6.42 Å². The van der Waals surface area contributed by atoms with E-state index in [2.05, 4.69) is 4.74 Å². The lowest BCUT2D eigenvalue weighted by atomic mass is 10.4. The van der Waals surface area contributed by atoms with Crippen molar-refractivity contribution in [3.63, 3.8) is 0 Å². The molecule has 1 heterocycles. The number of Topliss-reactive ketones (excluding diaryl/α,β-unsaturated/α-hetero) is 1. The van der Waals surface area contributed by atoms with Gasteiger partial charge >= 0.3 is 17.9 Å². The molecule has 0 aromatic rings. The molecule has 1 atom stereocenters. The highest BCUT2D eigenvalue weighted by molar-refractivity contribution is 7.99. The largest absolute Gasteiger partial charge is 0.461 e. The van der Waals surface area contributed by atoms with Crippen LogP contribution >= 0.6 is 11.8 Å². The summed E-state index contributed by atoms with van der Waals surface area (Å²) in [6.45, 7) is 0.468. The van der Waals surface area contributed by atoms with E-state index < -0.39 is 23.4 Å². The summed E-state index contributed by atoms with van der Waals surface area (Å²) >= 11 is 1.15. The van der Waals surface area contributed by atoms with E-state index in [1.807, 2.05) is 0 Å². The number of carbonyl (C=O) groups excluding carboxylic acids is 2. The lowest BCUT2D eigenvalue weighted by Gasteiger charge is -2.14. The fourth-order valence-electron chi connectivity index (χ4n) is 0.960. The molecule has 1 unspecified atom stereocenters. The molecule has 1 fully saturated rings. The number of hydrogen-bond acceptors (Lipinski definition) is 5. The number of rotatable bonds is 2. The Bertz CT molecular complexity index is 271. The minimum absolute atomic E-state index is 0.00153. The molecule has 0 radical (unpaired) electrons. The third-order valence-electron chi connectivity index (χ3n) is 1.67. The monoisotopic (exact) mass is 258 g/mol. The first-order chi connectivity index (χ1) is 7.41. The number of carbonyl (C=O) groups is 2. The molecule has 1 aliphatic rings. The average Bonchev–Trinajstić information content (AvgIpc) is 2.43. The SMILES string of the molecule is O=C(OC1COCCCS1)C(=O)C(F)(F)F. The van der Waals surface area contributed by atoms with E-state index in [4.69, 9.17) is 4.74 Å². The molecule has 0 spiro atoms. The highest BCUT2D eigenvalue weighted by Gasteiger charge is 2.45. The molecule has 8 heteroatoms. The Morgan fingerprint density at radius 2 is 2.06 bits per heavy atom. The van der Waals surface area contributed by atoms with Crippen molar-refractivity contribution in [3.05, 3.63) is 0 Å². The van der Waals surface area contributed by atoms with Crippen molar-refractivity contribution in [2.75, 3.05) is 19.0 Å². The fourth-order valence-corrected chi connectivity index (χ4v) is 1.86. The zero-order chi connectivity index (χ0) is 12.2. The van der Waals surface area contributed by atoms with Gasteiger partial charge in [0, 0.05) is 6.61 Å². The van der Waals surface area contributed by atoms with Crippen LogP contribution in [0.4, 0.5) is 13.2 Å². The van der Waals surface area contributed by atoms with E-state index in [0.717, 1.165) is 18.2 Å². The summed E-state index contributed by atoms with van der Waals surface area (Å²) < 4.78 is 44.9. The van der Waals surface area contributed by atoms with Crippen molar-refractivity contribution in [2.24, 2.45) is 0 Å². The Labute approximate surface area is 93.5 Å². The van der Waals surface area contributed by atoms with Crippen molar-refractivity contribution < 1.29 is 32.2 Å². The Balaban J connectivity index is 2.47. The van der Waals surface area contributed by atoms with Gasteiger partial charge in [-0.1, -0.05) is 0 Å². The standard InChI is InChI=1S/C8H9F3O4S/c9-8(10,11)6(12)7(13)15-5-4-14-2-1-3-16-5/h5H,1-4H2. The number of ether oxygens (including phenoxy) is 2. The smallest absolute Gasteiger partial charge is 0.443 e. The number of ketones is 1. The molecule has 0 aromatic heterocycles. The first-order valence-electron chi connectivity index (χ1n) is 4.42. The van der Waals surface area contributed by atoms with Gasteiger partial charge in [-0.3, -0.25) is 4.79 Å². The van der Waals surface area contributed by atoms with Gasteiger partial charge < -0.3 is 9.47 Å². The maximum Gasteiger partial charge on any atom is 0.461 e. The summed E-state index contributed by atoms with van der Waals surface area (Å²) in [7, 11) is 0. The molecule has 0 aromatic carbocycles. The van der Waals surface area contributed by atoms with Gasteiger partial charge in [0.2, 0.25) is 0 Å². The van der Waals surface area contributed by atoms with Crippen molar-refractivity contribution in [3.8, 4) is 0 Å². The van der Waals surface area contributed by atoms with Gasteiger partial charge in [0.05, 0.1) is 6.61 Å². The fraction of sp³-hybridized carbons (Fsp3) is 0.750. The summed E-state index contributed by atoms with van der Waals surface area (Å²) in [5.41, 5.74) is -0.846. The average molecular weight is 258 g/mol. The van der Waals surface area contributed by atoms with Crippen LogP contribution in [0.3, 0.4) is 0 Å². The Kier molecular flexibility index (Phi) is 4.60. The molecule has 0 aliphatic carbocycles. The second kappa shape index (κ2) is 5.53.